The number of rotatable bonds is 5. The monoisotopic (exact) mass is 458 g/mol. The van der Waals surface area contributed by atoms with E-state index < -0.39 is 11.9 Å². The topological polar surface area (TPSA) is 84.2 Å². The van der Waals surface area contributed by atoms with Crippen LogP contribution in [-0.4, -0.2) is 27.3 Å². The van der Waals surface area contributed by atoms with Gasteiger partial charge in [-0.2, -0.15) is 0 Å². The van der Waals surface area contributed by atoms with Crippen molar-refractivity contribution in [1.82, 2.24) is 0 Å². The summed E-state index contributed by atoms with van der Waals surface area (Å²) in [5.74, 6) is 1.27. The van der Waals surface area contributed by atoms with Crippen molar-refractivity contribution >= 4 is 16.9 Å². The van der Waals surface area contributed by atoms with E-state index in [0.29, 0.717) is 39.5 Å². The lowest BCUT2D eigenvalue weighted by molar-refractivity contribution is -0.135. The number of benzene rings is 3. The summed E-state index contributed by atoms with van der Waals surface area (Å²) in [6.45, 7) is 0. The van der Waals surface area contributed by atoms with Crippen molar-refractivity contribution < 1.29 is 28.2 Å². The lowest BCUT2D eigenvalue weighted by Gasteiger charge is -2.27. The zero-order chi connectivity index (χ0) is 23.8. The number of fused-ring (bicyclic) bond motifs is 3. The Kier molecular flexibility index (Phi) is 5.45. The van der Waals surface area contributed by atoms with E-state index in [1.807, 2.05) is 42.5 Å². The number of ether oxygens (including phenoxy) is 4. The van der Waals surface area contributed by atoms with Gasteiger partial charge in [-0.3, -0.25) is 9.59 Å². The highest BCUT2D eigenvalue weighted by atomic mass is 16.5. The van der Waals surface area contributed by atoms with Crippen LogP contribution in [0.5, 0.6) is 23.0 Å². The molecule has 1 aliphatic heterocycles. The summed E-state index contributed by atoms with van der Waals surface area (Å²) >= 11 is 0. The fraction of sp³-hybridized carbons (Fsp3) is 0.185. The van der Waals surface area contributed by atoms with Gasteiger partial charge in [-0.1, -0.05) is 36.4 Å². The minimum absolute atomic E-state index is 0.0726. The highest BCUT2D eigenvalue weighted by molar-refractivity contribution is 5.93. The molecule has 3 aromatic carbocycles. The fourth-order valence-electron chi connectivity index (χ4n) is 4.40. The van der Waals surface area contributed by atoms with Crippen molar-refractivity contribution in [1.29, 1.82) is 0 Å². The predicted octanol–water partition coefficient (Wildman–Crippen LogP) is 4.93. The van der Waals surface area contributed by atoms with E-state index >= 15 is 0 Å². The molecule has 0 amide bonds. The third-order valence-corrected chi connectivity index (χ3v) is 6.00. The Morgan fingerprint density at radius 1 is 0.824 bits per heavy atom. The van der Waals surface area contributed by atoms with Gasteiger partial charge in [0.25, 0.3) is 0 Å². The molecule has 0 fully saturated rings. The van der Waals surface area contributed by atoms with Crippen LogP contribution in [0.15, 0.2) is 69.9 Å². The maximum Gasteiger partial charge on any atom is 0.312 e. The standard InChI is InChI=1S/C27H22O7/c1-30-19-10-9-16(11-21(19)31-2)17-12-24(29)33-23-14-22(32-3)26-18(28)13-20(34-27(26)25(17)23)15-7-5-4-6-8-15/h4-11,13-14,17H,12H2,1-3H3. The second-order valence-electron chi connectivity index (χ2n) is 7.88. The molecule has 7 nitrogen and oxygen atoms in total. The summed E-state index contributed by atoms with van der Waals surface area (Å²) in [7, 11) is 4.57. The van der Waals surface area contributed by atoms with Crippen molar-refractivity contribution in [3.8, 4) is 34.3 Å². The Labute approximate surface area is 195 Å². The lowest BCUT2D eigenvalue weighted by Crippen LogP contribution is -2.22. The van der Waals surface area contributed by atoms with Crippen LogP contribution in [-0.2, 0) is 4.79 Å². The Balaban J connectivity index is 1.81. The van der Waals surface area contributed by atoms with Crippen LogP contribution in [0.3, 0.4) is 0 Å². The summed E-state index contributed by atoms with van der Waals surface area (Å²) < 4.78 is 28.2. The van der Waals surface area contributed by atoms with Crippen LogP contribution in [0.4, 0.5) is 0 Å². The van der Waals surface area contributed by atoms with Gasteiger partial charge in [0.1, 0.15) is 28.2 Å². The zero-order valence-electron chi connectivity index (χ0n) is 18.9. The molecule has 1 aliphatic rings. The summed E-state index contributed by atoms with van der Waals surface area (Å²) in [4.78, 5) is 25.8. The largest absolute Gasteiger partial charge is 0.496 e. The smallest absolute Gasteiger partial charge is 0.312 e. The SMILES string of the molecule is COc1ccc(C2CC(=O)Oc3cc(OC)c4c(=O)cc(-c5ccccc5)oc4c32)cc1OC. The van der Waals surface area contributed by atoms with E-state index in [1.54, 1.807) is 26.4 Å². The molecule has 0 radical (unpaired) electrons. The van der Waals surface area contributed by atoms with Gasteiger partial charge in [0.05, 0.1) is 27.8 Å². The van der Waals surface area contributed by atoms with Crippen LogP contribution in [0.2, 0.25) is 0 Å². The molecule has 0 aliphatic carbocycles. The van der Waals surface area contributed by atoms with Gasteiger partial charge in [-0.25, -0.2) is 0 Å². The second-order valence-corrected chi connectivity index (χ2v) is 7.88. The molecule has 2 heterocycles. The van der Waals surface area contributed by atoms with Gasteiger partial charge >= 0.3 is 5.97 Å². The van der Waals surface area contributed by atoms with Crippen molar-refractivity contribution in [3.63, 3.8) is 0 Å². The summed E-state index contributed by atoms with van der Waals surface area (Å²) in [6.07, 6.45) is 0.0726. The average Bonchev–Trinajstić information content (AvgIpc) is 2.87. The predicted molar refractivity (Wildman–Crippen MR) is 126 cm³/mol. The summed E-state index contributed by atoms with van der Waals surface area (Å²) in [5, 5.41) is 0.296. The number of carbonyl (C=O) groups is 1. The van der Waals surface area contributed by atoms with Gasteiger partial charge < -0.3 is 23.4 Å². The van der Waals surface area contributed by atoms with Crippen LogP contribution in [0, 0.1) is 0 Å². The summed E-state index contributed by atoms with van der Waals surface area (Å²) in [6, 6.07) is 17.8. The van der Waals surface area contributed by atoms with E-state index in [1.165, 1.54) is 13.2 Å². The summed E-state index contributed by atoms with van der Waals surface area (Å²) in [5.41, 5.74) is 2.25. The van der Waals surface area contributed by atoms with Crippen molar-refractivity contribution in [3.05, 3.63) is 82.0 Å². The van der Waals surface area contributed by atoms with Gasteiger partial charge in [0.2, 0.25) is 0 Å². The quantitative estimate of drug-likeness (QED) is 0.310. The molecule has 0 saturated heterocycles. The van der Waals surface area contributed by atoms with Crippen LogP contribution < -0.4 is 24.4 Å². The van der Waals surface area contributed by atoms with E-state index in [0.717, 1.165) is 11.1 Å². The molecule has 1 atom stereocenters. The van der Waals surface area contributed by atoms with Crippen molar-refractivity contribution in [2.45, 2.75) is 12.3 Å². The molecule has 0 saturated carbocycles. The first-order chi connectivity index (χ1) is 16.5. The van der Waals surface area contributed by atoms with E-state index in [9.17, 15) is 9.59 Å². The highest BCUT2D eigenvalue weighted by Gasteiger charge is 2.34. The Bertz CT molecular complexity index is 1450. The number of esters is 1. The molecule has 4 aromatic rings. The van der Waals surface area contributed by atoms with Crippen LogP contribution >= 0.6 is 0 Å². The first-order valence-corrected chi connectivity index (χ1v) is 10.7. The number of carbonyl (C=O) groups excluding carboxylic acids is 1. The number of hydrogen-bond acceptors (Lipinski definition) is 7. The normalized spacial score (nSPS) is 14.9. The van der Waals surface area contributed by atoms with Gasteiger partial charge in [-0.05, 0) is 17.7 Å². The highest BCUT2D eigenvalue weighted by Crippen LogP contribution is 2.47. The zero-order valence-corrected chi connectivity index (χ0v) is 18.9. The second kappa shape index (κ2) is 8.59. The fourth-order valence-corrected chi connectivity index (χ4v) is 4.40. The lowest BCUT2D eigenvalue weighted by atomic mass is 9.85. The molecule has 1 aromatic heterocycles. The Morgan fingerprint density at radius 2 is 1.56 bits per heavy atom. The van der Waals surface area contributed by atoms with E-state index in [2.05, 4.69) is 0 Å². The molecule has 0 spiro atoms. The van der Waals surface area contributed by atoms with Gasteiger partial charge in [0.15, 0.2) is 16.9 Å². The third kappa shape index (κ3) is 3.55. The van der Waals surface area contributed by atoms with Crippen molar-refractivity contribution in [2.75, 3.05) is 21.3 Å². The maximum absolute atomic E-state index is 13.2. The van der Waals surface area contributed by atoms with E-state index in [-0.39, 0.29) is 17.6 Å². The molecule has 0 N–H and O–H groups in total. The molecule has 34 heavy (non-hydrogen) atoms. The Morgan fingerprint density at radius 3 is 2.26 bits per heavy atom. The molecule has 1 unspecified atom stereocenters. The Hall–Kier alpha value is -4.26. The van der Waals surface area contributed by atoms with Crippen LogP contribution in [0.1, 0.15) is 23.5 Å². The van der Waals surface area contributed by atoms with Crippen molar-refractivity contribution in [2.24, 2.45) is 0 Å². The first kappa shape index (κ1) is 21.6. The third-order valence-electron chi connectivity index (χ3n) is 6.00. The van der Waals surface area contributed by atoms with Gasteiger partial charge in [-0.15, -0.1) is 0 Å². The first-order valence-electron chi connectivity index (χ1n) is 10.7. The minimum Gasteiger partial charge on any atom is -0.496 e. The minimum atomic E-state index is -0.432. The molecule has 172 valence electrons. The molecule has 5 rings (SSSR count). The number of methoxy groups -OCH3 is 3. The molecule has 7 heteroatoms. The van der Waals surface area contributed by atoms with Crippen LogP contribution in [0.25, 0.3) is 22.3 Å². The molecular formula is C27H22O7. The van der Waals surface area contributed by atoms with E-state index in [4.69, 9.17) is 23.4 Å². The number of hydrogen-bond donors (Lipinski definition) is 0. The molecular weight excluding hydrogens is 436 g/mol. The van der Waals surface area contributed by atoms with Gasteiger partial charge in [0, 0.05) is 29.2 Å². The average molecular weight is 458 g/mol. The maximum atomic E-state index is 13.2. The molecule has 0 bridgehead atoms.